The molecule has 4 rings (SSSR count). The highest BCUT2D eigenvalue weighted by Gasteiger charge is 2.24. The molecule has 0 aliphatic carbocycles. The van der Waals surface area contributed by atoms with E-state index in [0.717, 1.165) is 50.5 Å². The molecule has 0 unspecified atom stereocenters. The van der Waals surface area contributed by atoms with Crippen LogP contribution in [-0.4, -0.2) is 93.4 Å². The number of benzene rings is 2. The minimum Gasteiger partial charge on any atom is -0.489 e. The SMILES string of the molecule is CC(C)Oc1cc(N2CCC(N(C)C)CC2)ccc1N.CC(C)Oc1cc(N2CCC(N(C)C)CC2)ccc1[N+](=O)[O-]. The topological polar surface area (TPSA) is 101 Å². The first-order valence-corrected chi connectivity index (χ1v) is 15.2. The molecule has 2 aliphatic heterocycles. The van der Waals surface area contributed by atoms with Gasteiger partial charge in [-0.1, -0.05) is 0 Å². The maximum Gasteiger partial charge on any atom is 0.311 e. The third-order valence-corrected chi connectivity index (χ3v) is 7.98. The number of hydrogen-bond donors (Lipinski definition) is 1. The van der Waals surface area contributed by atoms with Crippen molar-refractivity contribution in [3.05, 3.63) is 46.5 Å². The standard InChI is InChI=1S/C16H25N3O3.C16H27N3O/c1-12(2)22-16-11-14(5-6-15(16)19(20)21)18-9-7-13(8-10-18)17(3)4;1-12(2)20-16-11-14(5-6-15(16)17)19-9-7-13(8-10-19)18(3)4/h5-6,11-13H,7-10H2,1-4H3;5-6,11-13H,7-10,17H2,1-4H3. The molecule has 42 heavy (non-hydrogen) atoms. The van der Waals surface area contributed by atoms with Crippen LogP contribution in [0.15, 0.2) is 36.4 Å². The molecule has 0 atom stereocenters. The molecule has 2 aromatic carbocycles. The lowest BCUT2D eigenvalue weighted by Crippen LogP contribution is -2.42. The first-order chi connectivity index (χ1) is 19.8. The lowest BCUT2D eigenvalue weighted by Gasteiger charge is -2.36. The Balaban J connectivity index is 0.000000231. The molecule has 0 amide bonds. The van der Waals surface area contributed by atoms with Crippen LogP contribution in [-0.2, 0) is 0 Å². The fourth-order valence-corrected chi connectivity index (χ4v) is 5.56. The fraction of sp³-hybridized carbons (Fsp3) is 0.625. The maximum atomic E-state index is 11.1. The Morgan fingerprint density at radius 3 is 1.57 bits per heavy atom. The molecule has 10 nitrogen and oxygen atoms in total. The summed E-state index contributed by atoms with van der Waals surface area (Å²) < 4.78 is 11.4. The van der Waals surface area contributed by atoms with Gasteiger partial charge in [0.2, 0.25) is 0 Å². The van der Waals surface area contributed by atoms with Crippen LogP contribution in [0.25, 0.3) is 0 Å². The second-order valence-corrected chi connectivity index (χ2v) is 12.3. The van der Waals surface area contributed by atoms with E-state index in [9.17, 15) is 10.1 Å². The summed E-state index contributed by atoms with van der Waals surface area (Å²) in [6.07, 6.45) is 4.67. The second kappa shape index (κ2) is 15.3. The van der Waals surface area contributed by atoms with Crippen LogP contribution in [0.2, 0.25) is 0 Å². The number of piperidine rings is 2. The summed E-state index contributed by atoms with van der Waals surface area (Å²) in [5.74, 6) is 1.15. The summed E-state index contributed by atoms with van der Waals surface area (Å²) in [6, 6.07) is 12.6. The highest BCUT2D eigenvalue weighted by molar-refractivity contribution is 5.62. The van der Waals surface area contributed by atoms with Crippen LogP contribution in [0.5, 0.6) is 11.5 Å². The van der Waals surface area contributed by atoms with E-state index in [1.165, 1.54) is 18.5 Å². The van der Waals surface area contributed by atoms with Gasteiger partial charge in [0.25, 0.3) is 0 Å². The van der Waals surface area contributed by atoms with Crippen molar-refractivity contribution in [2.24, 2.45) is 0 Å². The highest BCUT2D eigenvalue weighted by atomic mass is 16.6. The third-order valence-electron chi connectivity index (χ3n) is 7.98. The molecule has 2 fully saturated rings. The zero-order valence-corrected chi connectivity index (χ0v) is 26.9. The largest absolute Gasteiger partial charge is 0.489 e. The van der Waals surface area contributed by atoms with E-state index in [4.69, 9.17) is 15.2 Å². The van der Waals surface area contributed by atoms with Gasteiger partial charge < -0.3 is 34.8 Å². The maximum absolute atomic E-state index is 11.1. The molecule has 2 aromatic rings. The summed E-state index contributed by atoms with van der Waals surface area (Å²) >= 11 is 0. The van der Waals surface area contributed by atoms with Crippen molar-refractivity contribution in [3.63, 3.8) is 0 Å². The van der Waals surface area contributed by atoms with Gasteiger partial charge in [0.15, 0.2) is 5.75 Å². The quantitative estimate of drug-likeness (QED) is 0.233. The van der Waals surface area contributed by atoms with Gasteiger partial charge in [-0.05, 0) is 99.8 Å². The Bertz CT molecular complexity index is 1140. The van der Waals surface area contributed by atoms with Crippen LogP contribution in [0.3, 0.4) is 0 Å². The Morgan fingerprint density at radius 2 is 1.17 bits per heavy atom. The zero-order chi connectivity index (χ0) is 31.0. The Labute approximate surface area is 252 Å². The molecule has 2 heterocycles. The third kappa shape index (κ3) is 9.39. The van der Waals surface area contributed by atoms with E-state index in [0.29, 0.717) is 23.5 Å². The highest BCUT2D eigenvalue weighted by Crippen LogP contribution is 2.34. The van der Waals surface area contributed by atoms with E-state index >= 15 is 0 Å². The molecule has 2 N–H and O–H groups in total. The van der Waals surface area contributed by atoms with Gasteiger partial charge in [0, 0.05) is 67.8 Å². The summed E-state index contributed by atoms with van der Waals surface area (Å²) in [4.78, 5) is 20.0. The van der Waals surface area contributed by atoms with Crippen molar-refractivity contribution in [2.75, 3.05) is 69.9 Å². The zero-order valence-electron chi connectivity index (χ0n) is 26.9. The van der Waals surface area contributed by atoms with Crippen molar-refractivity contribution in [1.82, 2.24) is 9.80 Å². The Kier molecular flexibility index (Phi) is 12.1. The predicted octanol–water partition coefficient (Wildman–Crippen LogP) is 5.50. The molecule has 0 aromatic heterocycles. The Morgan fingerprint density at radius 1 is 0.762 bits per heavy atom. The monoisotopic (exact) mass is 584 g/mol. The molecule has 0 saturated carbocycles. The van der Waals surface area contributed by atoms with Crippen molar-refractivity contribution in [1.29, 1.82) is 0 Å². The first kappa shape index (κ1) is 33.3. The number of ether oxygens (including phenoxy) is 2. The van der Waals surface area contributed by atoms with Crippen molar-refractivity contribution in [2.45, 2.75) is 77.7 Å². The van der Waals surface area contributed by atoms with Crippen molar-refractivity contribution >= 4 is 22.7 Å². The smallest absolute Gasteiger partial charge is 0.311 e. The van der Waals surface area contributed by atoms with Crippen molar-refractivity contribution < 1.29 is 14.4 Å². The van der Waals surface area contributed by atoms with E-state index in [1.54, 1.807) is 12.1 Å². The first-order valence-electron chi connectivity index (χ1n) is 15.2. The lowest BCUT2D eigenvalue weighted by atomic mass is 10.0. The van der Waals surface area contributed by atoms with Crippen LogP contribution < -0.4 is 25.0 Å². The van der Waals surface area contributed by atoms with Gasteiger partial charge in [0.05, 0.1) is 22.8 Å². The molecule has 0 bridgehead atoms. The molecule has 0 radical (unpaired) electrons. The predicted molar refractivity (Wildman–Crippen MR) is 173 cm³/mol. The number of rotatable bonds is 9. The molecule has 234 valence electrons. The van der Waals surface area contributed by atoms with Gasteiger partial charge in [-0.15, -0.1) is 0 Å². The molecule has 10 heteroatoms. The lowest BCUT2D eigenvalue weighted by molar-refractivity contribution is -0.386. The minimum absolute atomic E-state index is 0.0284. The summed E-state index contributed by atoms with van der Waals surface area (Å²) in [6.45, 7) is 11.9. The normalized spacial score (nSPS) is 16.7. The number of anilines is 3. The van der Waals surface area contributed by atoms with E-state index < -0.39 is 0 Å². The second-order valence-electron chi connectivity index (χ2n) is 12.3. The van der Waals surface area contributed by atoms with Crippen LogP contribution in [0.1, 0.15) is 53.4 Å². The van der Waals surface area contributed by atoms with Gasteiger partial charge >= 0.3 is 5.69 Å². The average molecular weight is 585 g/mol. The number of nitro benzene ring substituents is 1. The molecule has 2 aliphatic rings. The fourth-order valence-electron chi connectivity index (χ4n) is 5.56. The number of nitrogens with two attached hydrogens (primary N) is 1. The van der Waals surface area contributed by atoms with E-state index in [-0.39, 0.29) is 22.8 Å². The van der Waals surface area contributed by atoms with Crippen molar-refractivity contribution in [3.8, 4) is 11.5 Å². The Hall–Kier alpha value is -3.24. The number of nitrogens with zero attached hydrogens (tertiary/aromatic N) is 5. The number of hydrogen-bond acceptors (Lipinski definition) is 9. The van der Waals surface area contributed by atoms with Crippen LogP contribution in [0, 0.1) is 10.1 Å². The summed E-state index contributed by atoms with van der Waals surface area (Å²) in [5, 5.41) is 11.1. The minimum atomic E-state index is -0.389. The van der Waals surface area contributed by atoms with Crippen LogP contribution >= 0.6 is 0 Å². The molecule has 2 saturated heterocycles. The number of nitrogen functional groups attached to an aromatic ring is 1. The van der Waals surface area contributed by atoms with Gasteiger partial charge in [-0.25, -0.2) is 0 Å². The van der Waals surface area contributed by atoms with Gasteiger partial charge in [-0.2, -0.15) is 0 Å². The summed E-state index contributed by atoms with van der Waals surface area (Å²) in [5.41, 5.74) is 8.93. The van der Waals surface area contributed by atoms with Gasteiger partial charge in [-0.3, -0.25) is 10.1 Å². The van der Waals surface area contributed by atoms with E-state index in [1.807, 2.05) is 39.8 Å². The summed E-state index contributed by atoms with van der Waals surface area (Å²) in [7, 11) is 8.55. The number of nitro groups is 1. The van der Waals surface area contributed by atoms with E-state index in [2.05, 4.69) is 59.9 Å². The van der Waals surface area contributed by atoms with Gasteiger partial charge in [0.1, 0.15) is 5.75 Å². The van der Waals surface area contributed by atoms with Crippen LogP contribution in [0.4, 0.5) is 22.7 Å². The molecular formula is C32H52N6O4. The molecular weight excluding hydrogens is 532 g/mol. The molecule has 0 spiro atoms. The average Bonchev–Trinajstić information content (AvgIpc) is 2.94.